The third kappa shape index (κ3) is 10.5. The van der Waals surface area contributed by atoms with Crippen molar-refractivity contribution in [3.8, 4) is 0 Å². The zero-order valence-electron chi connectivity index (χ0n) is 13.9. The molecule has 2 atom stereocenters. The normalized spacial score (nSPS) is 16.1. The molecule has 0 amide bonds. The summed E-state index contributed by atoms with van der Waals surface area (Å²) in [7, 11) is 0. The Balaban J connectivity index is -0.000000186. The first-order valence-corrected chi connectivity index (χ1v) is 6.37. The maximum absolute atomic E-state index is 10.5. The minimum Gasteiger partial charge on any atom is -1.00 e. The van der Waals surface area contributed by atoms with Gasteiger partial charge in [-0.2, -0.15) is 0 Å². The zero-order chi connectivity index (χ0) is 19.9. The van der Waals surface area contributed by atoms with Crippen LogP contribution in [0.2, 0.25) is 0 Å². The van der Waals surface area contributed by atoms with Crippen molar-refractivity contribution in [2.45, 2.75) is 30.7 Å². The van der Waals surface area contributed by atoms with Gasteiger partial charge in [-0.05, 0) is 0 Å². The summed E-state index contributed by atoms with van der Waals surface area (Å²) in [6.45, 7) is -0.671. The van der Waals surface area contributed by atoms with Crippen LogP contribution in [0.3, 0.4) is 0 Å². The summed E-state index contributed by atoms with van der Waals surface area (Å²) in [5.41, 5.74) is -2.74. The molecule has 158 valence electrons. The molecule has 0 radical (unpaired) electrons. The third-order valence-electron chi connectivity index (χ3n) is 2.76. The molecule has 16 heteroatoms. The topological polar surface area (TPSA) is 239 Å². The number of ether oxygens (including phenoxy) is 1. The van der Waals surface area contributed by atoms with E-state index in [-0.39, 0.29) is 62.6 Å². The van der Waals surface area contributed by atoms with Crippen molar-refractivity contribution in [1.29, 1.82) is 0 Å². The van der Waals surface area contributed by atoms with Crippen LogP contribution < -0.4 is 24.8 Å². The molecule has 1 aliphatic heterocycles. The van der Waals surface area contributed by atoms with E-state index in [4.69, 9.17) is 40.9 Å². The fourth-order valence-electron chi connectivity index (χ4n) is 1.54. The molecule has 1 aliphatic rings. The first kappa shape index (κ1) is 34.4. The van der Waals surface area contributed by atoms with Gasteiger partial charge in [-0.25, -0.2) is 9.59 Å². The molecule has 0 fully saturated rings. The van der Waals surface area contributed by atoms with E-state index in [1.807, 2.05) is 0 Å². The van der Waals surface area contributed by atoms with Gasteiger partial charge in [-0.3, -0.25) is 9.59 Å². The molecule has 13 nitrogen and oxygen atoms in total. The van der Waals surface area contributed by atoms with Crippen molar-refractivity contribution in [2.24, 2.45) is 0 Å². The van der Waals surface area contributed by atoms with Gasteiger partial charge in [0.05, 0.1) is 19.4 Å². The number of hydrogen-bond donors (Lipinski definition) is 8. The van der Waals surface area contributed by atoms with Gasteiger partial charge in [0.1, 0.15) is 6.10 Å². The Morgan fingerprint density at radius 2 is 1.43 bits per heavy atom. The van der Waals surface area contributed by atoms with E-state index in [1.165, 1.54) is 0 Å². The van der Waals surface area contributed by atoms with Crippen LogP contribution in [-0.2, 0) is 23.9 Å². The molecule has 0 aromatic heterocycles. The van der Waals surface area contributed by atoms with Crippen molar-refractivity contribution >= 4 is 61.6 Å². The summed E-state index contributed by atoms with van der Waals surface area (Å²) in [6.07, 6.45) is -5.07. The Morgan fingerprint density at radius 3 is 1.64 bits per heavy atom. The van der Waals surface area contributed by atoms with Gasteiger partial charge in [-0.1, -0.05) is 0 Å². The zero-order valence-corrected chi connectivity index (χ0v) is 17.6. The molecular weight excluding hydrogens is 463 g/mol. The molecule has 0 aromatic rings. The Bertz CT molecular complexity index is 578. The number of carboxylic acids is 3. The minimum atomic E-state index is -2.74. The number of esters is 1. The number of cyclic esters (lactones) is 1. The van der Waals surface area contributed by atoms with Gasteiger partial charge in [-0.15, -0.1) is 0 Å². The number of halogens is 2. The summed E-state index contributed by atoms with van der Waals surface area (Å²) >= 11 is 0. The Hall–Kier alpha value is -1.06. The average molecular weight is 479 g/mol. The van der Waals surface area contributed by atoms with Crippen molar-refractivity contribution in [3.63, 3.8) is 0 Å². The molecule has 1 heterocycles. The van der Waals surface area contributed by atoms with Crippen LogP contribution in [0.15, 0.2) is 11.5 Å². The SMILES string of the molecule is O=C(O)CC(O)(CC(=O)O)C(=O)O.O=C1O[C@H]([C@@H](O)CO)C(O)=C1O.[Ca+2].[Cl-].[Cl-]. The summed E-state index contributed by atoms with van der Waals surface area (Å²) in [4.78, 5) is 41.0. The van der Waals surface area contributed by atoms with Gasteiger partial charge in [0.25, 0.3) is 0 Å². The molecule has 0 unspecified atom stereocenters. The fourth-order valence-corrected chi connectivity index (χ4v) is 1.54. The van der Waals surface area contributed by atoms with E-state index < -0.39 is 72.7 Å². The van der Waals surface area contributed by atoms with Crippen molar-refractivity contribution in [1.82, 2.24) is 0 Å². The number of aliphatic hydroxyl groups is 5. The molecule has 0 bridgehead atoms. The van der Waals surface area contributed by atoms with Gasteiger partial charge in [0.2, 0.25) is 5.76 Å². The van der Waals surface area contributed by atoms with E-state index >= 15 is 0 Å². The minimum absolute atomic E-state index is 0. The average Bonchev–Trinajstić information content (AvgIpc) is 2.73. The molecule has 8 N–H and O–H groups in total. The molecular formula is C12H16CaCl2O13. The predicted molar refractivity (Wildman–Crippen MR) is 78.1 cm³/mol. The molecule has 0 saturated heterocycles. The third-order valence-corrected chi connectivity index (χ3v) is 2.76. The van der Waals surface area contributed by atoms with Gasteiger partial charge >= 0.3 is 61.6 Å². The largest absolute Gasteiger partial charge is 2.00 e. The predicted octanol–water partition coefficient (Wildman–Crippen LogP) is -9.03. The summed E-state index contributed by atoms with van der Waals surface area (Å²) < 4.78 is 4.32. The first-order valence-electron chi connectivity index (χ1n) is 6.37. The molecule has 0 spiro atoms. The van der Waals surface area contributed by atoms with E-state index in [0.717, 1.165) is 0 Å². The van der Waals surface area contributed by atoms with Crippen molar-refractivity contribution < 1.29 is 89.6 Å². The second kappa shape index (κ2) is 14.9. The molecule has 1 rings (SSSR count). The smallest absolute Gasteiger partial charge is 1.00 e. The van der Waals surface area contributed by atoms with Crippen molar-refractivity contribution in [2.75, 3.05) is 6.61 Å². The van der Waals surface area contributed by atoms with E-state index in [9.17, 15) is 19.2 Å². The molecule has 0 aromatic carbocycles. The molecule has 0 aliphatic carbocycles. The Kier molecular flexibility index (Phi) is 18.3. The van der Waals surface area contributed by atoms with Crippen LogP contribution in [0.5, 0.6) is 0 Å². The summed E-state index contributed by atoms with van der Waals surface area (Å²) in [6, 6.07) is 0. The van der Waals surface area contributed by atoms with Crippen LogP contribution in [0.25, 0.3) is 0 Å². The second-order valence-electron chi connectivity index (χ2n) is 4.79. The maximum atomic E-state index is 10.5. The second-order valence-corrected chi connectivity index (χ2v) is 4.79. The van der Waals surface area contributed by atoms with E-state index in [1.54, 1.807) is 0 Å². The van der Waals surface area contributed by atoms with Crippen LogP contribution in [0, 0.1) is 0 Å². The van der Waals surface area contributed by atoms with E-state index in [0.29, 0.717) is 0 Å². The van der Waals surface area contributed by atoms with Crippen LogP contribution in [-0.4, -0.2) is 127 Å². The fraction of sp³-hybridized carbons (Fsp3) is 0.500. The van der Waals surface area contributed by atoms with Gasteiger partial charge in [0.15, 0.2) is 17.5 Å². The van der Waals surface area contributed by atoms with Crippen LogP contribution >= 0.6 is 0 Å². The monoisotopic (exact) mass is 478 g/mol. The van der Waals surface area contributed by atoms with Gasteiger partial charge < -0.3 is 70.4 Å². The molecule has 28 heavy (non-hydrogen) atoms. The quantitative estimate of drug-likeness (QED) is 0.125. The number of carboxylic acid groups (broad SMARTS) is 3. The number of aliphatic carboxylic acids is 3. The summed E-state index contributed by atoms with van der Waals surface area (Å²) in [5, 5.41) is 68.9. The summed E-state index contributed by atoms with van der Waals surface area (Å²) in [5.74, 6) is -7.80. The number of hydrogen-bond acceptors (Lipinski definition) is 10. The Labute approximate surface area is 199 Å². The maximum Gasteiger partial charge on any atom is 2.00 e. The van der Waals surface area contributed by atoms with E-state index in [2.05, 4.69) is 4.74 Å². The number of carbonyl (C=O) groups excluding carboxylic acids is 1. The van der Waals surface area contributed by atoms with Crippen LogP contribution in [0.4, 0.5) is 0 Å². The molecule has 0 saturated carbocycles. The van der Waals surface area contributed by atoms with Crippen molar-refractivity contribution in [3.05, 3.63) is 11.5 Å². The Morgan fingerprint density at radius 1 is 1.04 bits per heavy atom. The number of aliphatic hydroxyl groups excluding tert-OH is 4. The first-order chi connectivity index (χ1) is 11.4. The van der Waals surface area contributed by atoms with Crippen LogP contribution in [0.1, 0.15) is 12.8 Å². The number of carbonyl (C=O) groups is 4. The standard InChI is InChI=1S/C6H8O7.C6H8O6.Ca.2ClH/c7-3(8)1-6(13,5(11)12)2-4(9)10;7-1-2(8)5-3(9)4(10)6(11)12-5;;;/h13H,1-2H2,(H,7,8)(H,9,10)(H,11,12);2,5,7-10H,1H2;;2*1H/q;;+2;;/p-2/t;2-,5+;;;/m.0.../s1. The van der Waals surface area contributed by atoms with Gasteiger partial charge in [0, 0.05) is 0 Å². The number of rotatable bonds is 7.